The van der Waals surface area contributed by atoms with Gasteiger partial charge in [0.25, 0.3) is 0 Å². The minimum absolute atomic E-state index is 0.509. The Balaban J connectivity index is 2.08. The monoisotopic (exact) mass is 256 g/mol. The molecule has 0 amide bonds. The number of pyridine rings is 1. The summed E-state index contributed by atoms with van der Waals surface area (Å²) in [5, 5.41) is 2.86. The molecule has 90 valence electrons. The summed E-state index contributed by atoms with van der Waals surface area (Å²) in [7, 11) is 0. The Bertz CT molecular complexity index is 664. The number of hydrogen-bond donors (Lipinski definition) is 2. The first-order valence-corrected chi connectivity index (χ1v) is 6.44. The number of H-pyrrole nitrogens is 1. The molecule has 4 nitrogen and oxygen atoms in total. The third-order valence-electron chi connectivity index (χ3n) is 2.67. The van der Waals surface area contributed by atoms with E-state index in [1.807, 2.05) is 30.3 Å². The highest BCUT2D eigenvalue weighted by atomic mass is 32.2. The van der Waals surface area contributed by atoms with Gasteiger partial charge in [-0.15, -0.1) is 0 Å². The Morgan fingerprint density at radius 2 is 2.17 bits per heavy atom. The van der Waals surface area contributed by atoms with E-state index in [9.17, 15) is 0 Å². The third-order valence-corrected chi connectivity index (χ3v) is 3.51. The number of aromatic nitrogens is 3. The lowest BCUT2D eigenvalue weighted by atomic mass is 10.1. The van der Waals surface area contributed by atoms with Crippen LogP contribution >= 0.6 is 11.8 Å². The molecule has 3 rings (SSSR count). The van der Waals surface area contributed by atoms with Crippen molar-refractivity contribution >= 4 is 22.7 Å². The number of imidazole rings is 1. The Hall–Kier alpha value is -1.85. The second kappa shape index (κ2) is 4.80. The maximum atomic E-state index is 5.80. The van der Waals surface area contributed by atoms with E-state index in [0.29, 0.717) is 6.54 Å². The van der Waals surface area contributed by atoms with Crippen molar-refractivity contribution in [2.75, 3.05) is 0 Å². The summed E-state index contributed by atoms with van der Waals surface area (Å²) in [6, 6.07) is 10.1. The number of nitrogens with two attached hydrogens (primary N) is 1. The summed E-state index contributed by atoms with van der Waals surface area (Å²) >= 11 is 1.51. The van der Waals surface area contributed by atoms with Gasteiger partial charge >= 0.3 is 0 Å². The predicted octanol–water partition coefficient (Wildman–Crippen LogP) is 2.57. The van der Waals surface area contributed by atoms with Crippen LogP contribution in [-0.2, 0) is 6.54 Å². The first-order chi connectivity index (χ1) is 8.86. The molecule has 0 bridgehead atoms. The zero-order valence-corrected chi connectivity index (χ0v) is 10.4. The number of benzene rings is 1. The lowest BCUT2D eigenvalue weighted by Gasteiger charge is -2.06. The average molecular weight is 256 g/mol. The summed E-state index contributed by atoms with van der Waals surface area (Å²) in [5.74, 6) is 0. The number of hydrogen-bond acceptors (Lipinski definition) is 4. The second-order valence-corrected chi connectivity index (χ2v) is 4.85. The van der Waals surface area contributed by atoms with Crippen LogP contribution in [0.25, 0.3) is 10.9 Å². The van der Waals surface area contributed by atoms with Gasteiger partial charge in [0.15, 0.2) is 5.16 Å². The van der Waals surface area contributed by atoms with Crippen molar-refractivity contribution in [1.82, 2.24) is 15.0 Å². The molecule has 3 aromatic rings. The number of fused-ring (bicyclic) bond motifs is 1. The fraction of sp³-hybridized carbons (Fsp3) is 0.0769. The number of rotatable bonds is 3. The molecule has 0 spiro atoms. The van der Waals surface area contributed by atoms with Crippen molar-refractivity contribution in [2.24, 2.45) is 5.73 Å². The Kier molecular flexibility index (Phi) is 3.00. The molecule has 0 aliphatic heterocycles. The third kappa shape index (κ3) is 2.10. The fourth-order valence-corrected chi connectivity index (χ4v) is 2.63. The van der Waals surface area contributed by atoms with Crippen LogP contribution < -0.4 is 5.73 Å². The molecular formula is C13H12N4S. The van der Waals surface area contributed by atoms with Gasteiger partial charge in [-0.3, -0.25) is 0 Å². The van der Waals surface area contributed by atoms with E-state index in [-0.39, 0.29) is 0 Å². The highest BCUT2D eigenvalue weighted by molar-refractivity contribution is 7.99. The Labute approximate surface area is 109 Å². The van der Waals surface area contributed by atoms with Crippen LogP contribution in [0.4, 0.5) is 0 Å². The van der Waals surface area contributed by atoms with Crippen molar-refractivity contribution in [3.8, 4) is 0 Å². The van der Waals surface area contributed by atoms with E-state index in [4.69, 9.17) is 5.73 Å². The molecule has 3 N–H and O–H groups in total. The van der Waals surface area contributed by atoms with Crippen LogP contribution in [0.5, 0.6) is 0 Å². The summed E-state index contributed by atoms with van der Waals surface area (Å²) < 4.78 is 0. The standard InChI is InChI=1S/C13H12N4S/c14-8-9-7-12(18-13-15-5-6-16-13)17-11-4-2-1-3-10(9)11/h1-7H,8,14H2,(H,15,16). The molecule has 5 heteroatoms. The lowest BCUT2D eigenvalue weighted by Crippen LogP contribution is -1.99. The quantitative estimate of drug-likeness (QED) is 0.755. The molecule has 2 aromatic heterocycles. The number of nitrogens with zero attached hydrogens (tertiary/aromatic N) is 2. The number of nitrogens with one attached hydrogen (secondary N) is 1. The lowest BCUT2D eigenvalue weighted by molar-refractivity contribution is 1.03. The average Bonchev–Trinajstić information content (AvgIpc) is 2.90. The van der Waals surface area contributed by atoms with Crippen molar-refractivity contribution in [2.45, 2.75) is 16.7 Å². The van der Waals surface area contributed by atoms with Crippen LogP contribution in [0.1, 0.15) is 5.56 Å². The smallest absolute Gasteiger partial charge is 0.171 e. The summed E-state index contributed by atoms with van der Waals surface area (Å²) in [6.07, 6.45) is 3.53. The predicted molar refractivity (Wildman–Crippen MR) is 72.3 cm³/mol. The molecular weight excluding hydrogens is 244 g/mol. The van der Waals surface area contributed by atoms with Crippen molar-refractivity contribution in [3.05, 3.63) is 48.3 Å². The van der Waals surface area contributed by atoms with Gasteiger partial charge in [-0.1, -0.05) is 18.2 Å². The molecule has 0 saturated heterocycles. The fourth-order valence-electron chi connectivity index (χ4n) is 1.85. The molecule has 1 aromatic carbocycles. The van der Waals surface area contributed by atoms with Gasteiger partial charge < -0.3 is 10.7 Å². The highest BCUT2D eigenvalue weighted by Gasteiger charge is 2.06. The van der Waals surface area contributed by atoms with E-state index in [0.717, 1.165) is 26.6 Å². The van der Waals surface area contributed by atoms with Crippen molar-refractivity contribution in [3.63, 3.8) is 0 Å². The Morgan fingerprint density at radius 1 is 1.28 bits per heavy atom. The van der Waals surface area contributed by atoms with Crippen LogP contribution in [0.15, 0.2) is 52.9 Å². The number of aromatic amines is 1. The van der Waals surface area contributed by atoms with E-state index in [1.54, 1.807) is 12.4 Å². The van der Waals surface area contributed by atoms with Gasteiger partial charge in [0, 0.05) is 24.3 Å². The molecule has 18 heavy (non-hydrogen) atoms. The minimum atomic E-state index is 0.509. The zero-order chi connectivity index (χ0) is 12.4. The maximum Gasteiger partial charge on any atom is 0.171 e. The van der Waals surface area contributed by atoms with Gasteiger partial charge in [-0.05, 0) is 29.5 Å². The summed E-state index contributed by atoms with van der Waals surface area (Å²) in [6.45, 7) is 0.509. The molecule has 0 fully saturated rings. The molecule has 0 unspecified atom stereocenters. The molecule has 0 radical (unpaired) electrons. The van der Waals surface area contributed by atoms with Gasteiger partial charge in [-0.25, -0.2) is 9.97 Å². The van der Waals surface area contributed by atoms with E-state index in [2.05, 4.69) is 15.0 Å². The highest BCUT2D eigenvalue weighted by Crippen LogP contribution is 2.27. The van der Waals surface area contributed by atoms with Gasteiger partial charge in [0.2, 0.25) is 0 Å². The van der Waals surface area contributed by atoms with E-state index >= 15 is 0 Å². The van der Waals surface area contributed by atoms with E-state index < -0.39 is 0 Å². The molecule has 0 aliphatic rings. The Morgan fingerprint density at radius 3 is 2.94 bits per heavy atom. The first kappa shape index (κ1) is 11.3. The zero-order valence-electron chi connectivity index (χ0n) is 9.63. The molecule has 0 saturated carbocycles. The van der Waals surface area contributed by atoms with Crippen LogP contribution in [-0.4, -0.2) is 15.0 Å². The minimum Gasteiger partial charge on any atom is -0.339 e. The van der Waals surface area contributed by atoms with Crippen LogP contribution in [0.2, 0.25) is 0 Å². The molecule has 0 aliphatic carbocycles. The van der Waals surface area contributed by atoms with Crippen LogP contribution in [0.3, 0.4) is 0 Å². The SMILES string of the molecule is NCc1cc(Sc2ncc[nH]2)nc2ccccc12. The number of para-hydroxylation sites is 1. The van der Waals surface area contributed by atoms with Crippen molar-refractivity contribution < 1.29 is 0 Å². The molecule has 0 atom stereocenters. The summed E-state index contributed by atoms with van der Waals surface area (Å²) in [5.41, 5.74) is 7.87. The molecule has 2 heterocycles. The topological polar surface area (TPSA) is 67.6 Å². The van der Waals surface area contributed by atoms with Gasteiger partial charge in [0.05, 0.1) is 5.52 Å². The maximum absolute atomic E-state index is 5.80. The van der Waals surface area contributed by atoms with Crippen LogP contribution in [0, 0.1) is 0 Å². The summed E-state index contributed by atoms with van der Waals surface area (Å²) in [4.78, 5) is 11.8. The van der Waals surface area contributed by atoms with Crippen molar-refractivity contribution in [1.29, 1.82) is 0 Å². The second-order valence-electron chi connectivity index (χ2n) is 3.84. The van der Waals surface area contributed by atoms with E-state index in [1.165, 1.54) is 11.8 Å². The largest absolute Gasteiger partial charge is 0.339 e. The van der Waals surface area contributed by atoms with Gasteiger partial charge in [0.1, 0.15) is 5.03 Å². The first-order valence-electron chi connectivity index (χ1n) is 5.63. The normalized spacial score (nSPS) is 10.9. The van der Waals surface area contributed by atoms with Gasteiger partial charge in [-0.2, -0.15) is 0 Å².